The van der Waals surface area contributed by atoms with Gasteiger partial charge in [0, 0.05) is 50.4 Å². The minimum atomic E-state index is -0.186. The van der Waals surface area contributed by atoms with E-state index in [1.165, 1.54) is 0 Å². The first-order valence-electron chi connectivity index (χ1n) is 10.9. The first-order valence-corrected chi connectivity index (χ1v) is 10.9. The molecule has 1 unspecified atom stereocenters. The largest absolute Gasteiger partial charge is 0.454 e. The lowest BCUT2D eigenvalue weighted by molar-refractivity contribution is -0.126. The van der Waals surface area contributed by atoms with Crippen molar-refractivity contribution in [1.82, 2.24) is 20.2 Å². The van der Waals surface area contributed by atoms with Crippen LogP contribution in [0.2, 0.25) is 0 Å². The highest BCUT2D eigenvalue weighted by atomic mass is 16.7. The summed E-state index contributed by atoms with van der Waals surface area (Å²) in [6, 6.07) is 7.61. The molecule has 1 amide bonds. The molecule has 0 saturated carbocycles. The Labute approximate surface area is 183 Å². The standard InChI is InChI=1S/C23H31N5O3/c1-15(2)22-25-16(3)11-21(26-22)28-9-7-27(8-10-28)17(4)23(29)24-13-18-5-6-19-20(12-18)31-14-30-19/h5-6,11-12,15,17H,7-10,13-14H2,1-4H3,(H,24,29). The molecule has 0 bridgehead atoms. The predicted octanol–water partition coefficient (Wildman–Crippen LogP) is 2.46. The zero-order valence-electron chi connectivity index (χ0n) is 18.7. The topological polar surface area (TPSA) is 79.8 Å². The zero-order valence-corrected chi connectivity index (χ0v) is 18.7. The second-order valence-corrected chi connectivity index (χ2v) is 8.48. The van der Waals surface area contributed by atoms with Crippen molar-refractivity contribution in [3.63, 3.8) is 0 Å². The monoisotopic (exact) mass is 425 g/mol. The maximum Gasteiger partial charge on any atom is 0.237 e. The van der Waals surface area contributed by atoms with Crippen LogP contribution in [0.15, 0.2) is 24.3 Å². The van der Waals surface area contributed by atoms with Crippen molar-refractivity contribution in [2.75, 3.05) is 37.9 Å². The fraction of sp³-hybridized carbons (Fsp3) is 0.522. The van der Waals surface area contributed by atoms with Crippen LogP contribution in [0, 0.1) is 6.92 Å². The average Bonchev–Trinajstić information content (AvgIpc) is 3.24. The molecule has 3 heterocycles. The molecule has 2 aliphatic heterocycles. The maximum atomic E-state index is 12.7. The lowest BCUT2D eigenvalue weighted by Gasteiger charge is -2.38. The average molecular weight is 426 g/mol. The summed E-state index contributed by atoms with van der Waals surface area (Å²) in [5.74, 6) is 3.68. The Hall–Kier alpha value is -2.87. The lowest BCUT2D eigenvalue weighted by atomic mass is 10.1. The molecule has 1 aromatic heterocycles. The number of carbonyl (C=O) groups is 1. The van der Waals surface area contributed by atoms with Gasteiger partial charge in [-0.3, -0.25) is 9.69 Å². The summed E-state index contributed by atoms with van der Waals surface area (Å²) < 4.78 is 10.7. The molecule has 0 radical (unpaired) electrons. The Morgan fingerprint density at radius 2 is 1.81 bits per heavy atom. The number of piperazine rings is 1. The Bertz CT molecular complexity index is 941. The van der Waals surface area contributed by atoms with E-state index in [1.807, 2.05) is 38.1 Å². The van der Waals surface area contributed by atoms with Gasteiger partial charge in [-0.2, -0.15) is 0 Å². The van der Waals surface area contributed by atoms with E-state index in [2.05, 4.69) is 33.9 Å². The van der Waals surface area contributed by atoms with Gasteiger partial charge >= 0.3 is 0 Å². The third kappa shape index (κ3) is 4.90. The van der Waals surface area contributed by atoms with E-state index in [9.17, 15) is 4.79 Å². The lowest BCUT2D eigenvalue weighted by Crippen LogP contribution is -2.54. The molecule has 8 heteroatoms. The van der Waals surface area contributed by atoms with Gasteiger partial charge in [0.1, 0.15) is 11.6 Å². The van der Waals surface area contributed by atoms with Gasteiger partial charge in [-0.15, -0.1) is 0 Å². The molecule has 2 aromatic rings. The summed E-state index contributed by atoms with van der Waals surface area (Å²) in [5.41, 5.74) is 1.99. The highest BCUT2D eigenvalue weighted by Crippen LogP contribution is 2.32. The summed E-state index contributed by atoms with van der Waals surface area (Å²) in [6.45, 7) is 12.2. The quantitative estimate of drug-likeness (QED) is 0.762. The van der Waals surface area contributed by atoms with Gasteiger partial charge in [-0.05, 0) is 31.5 Å². The van der Waals surface area contributed by atoms with E-state index in [4.69, 9.17) is 14.5 Å². The Kier molecular flexibility index (Phi) is 6.27. The Morgan fingerprint density at radius 3 is 2.55 bits per heavy atom. The molecule has 4 rings (SSSR count). The van der Waals surface area contributed by atoms with Crippen molar-refractivity contribution in [3.05, 3.63) is 41.3 Å². The van der Waals surface area contributed by atoms with Crippen molar-refractivity contribution < 1.29 is 14.3 Å². The van der Waals surface area contributed by atoms with Crippen molar-refractivity contribution in [2.45, 2.75) is 46.2 Å². The van der Waals surface area contributed by atoms with Crippen molar-refractivity contribution in [3.8, 4) is 11.5 Å². The number of carbonyl (C=O) groups excluding carboxylic acids is 1. The number of aromatic nitrogens is 2. The highest BCUT2D eigenvalue weighted by molar-refractivity contribution is 5.81. The smallest absolute Gasteiger partial charge is 0.237 e. The summed E-state index contributed by atoms with van der Waals surface area (Å²) >= 11 is 0. The first-order chi connectivity index (χ1) is 14.9. The van der Waals surface area contributed by atoms with Crippen LogP contribution in [-0.4, -0.2) is 59.8 Å². The summed E-state index contributed by atoms with van der Waals surface area (Å²) in [5, 5.41) is 3.05. The summed E-state index contributed by atoms with van der Waals surface area (Å²) in [7, 11) is 0. The molecule has 166 valence electrons. The number of aryl methyl sites for hydroxylation is 1. The zero-order chi connectivity index (χ0) is 22.0. The summed E-state index contributed by atoms with van der Waals surface area (Å²) in [6.07, 6.45) is 0. The molecule has 0 spiro atoms. The van der Waals surface area contributed by atoms with Crippen LogP contribution in [0.1, 0.15) is 43.8 Å². The van der Waals surface area contributed by atoms with E-state index in [-0.39, 0.29) is 18.7 Å². The number of rotatable bonds is 6. The van der Waals surface area contributed by atoms with Crippen molar-refractivity contribution >= 4 is 11.7 Å². The van der Waals surface area contributed by atoms with Crippen molar-refractivity contribution in [1.29, 1.82) is 0 Å². The summed E-state index contributed by atoms with van der Waals surface area (Å²) in [4.78, 5) is 26.5. The van der Waals surface area contributed by atoms with Gasteiger partial charge in [-0.1, -0.05) is 19.9 Å². The number of benzene rings is 1. The van der Waals surface area contributed by atoms with Crippen LogP contribution in [0.25, 0.3) is 0 Å². The number of fused-ring (bicyclic) bond motifs is 1. The molecule has 31 heavy (non-hydrogen) atoms. The Balaban J connectivity index is 1.29. The fourth-order valence-corrected chi connectivity index (χ4v) is 3.89. The van der Waals surface area contributed by atoms with Gasteiger partial charge in [-0.25, -0.2) is 9.97 Å². The van der Waals surface area contributed by atoms with Crippen LogP contribution >= 0.6 is 0 Å². The molecule has 1 saturated heterocycles. The molecule has 1 N–H and O–H groups in total. The van der Waals surface area contributed by atoms with Crippen LogP contribution in [0.5, 0.6) is 11.5 Å². The predicted molar refractivity (Wildman–Crippen MR) is 119 cm³/mol. The highest BCUT2D eigenvalue weighted by Gasteiger charge is 2.26. The third-order valence-corrected chi connectivity index (χ3v) is 5.84. The van der Waals surface area contributed by atoms with Gasteiger partial charge in [0.05, 0.1) is 6.04 Å². The fourth-order valence-electron chi connectivity index (χ4n) is 3.89. The molecular weight excluding hydrogens is 394 g/mol. The molecule has 2 aliphatic rings. The molecule has 1 fully saturated rings. The second-order valence-electron chi connectivity index (χ2n) is 8.48. The Morgan fingerprint density at radius 1 is 1.06 bits per heavy atom. The van der Waals surface area contributed by atoms with Crippen LogP contribution in [0.4, 0.5) is 5.82 Å². The number of ether oxygens (including phenoxy) is 2. The van der Waals surface area contributed by atoms with Crippen LogP contribution in [-0.2, 0) is 11.3 Å². The van der Waals surface area contributed by atoms with Gasteiger partial charge in [0.25, 0.3) is 0 Å². The molecule has 0 aliphatic carbocycles. The molecule has 1 atom stereocenters. The van der Waals surface area contributed by atoms with Gasteiger partial charge in [0.2, 0.25) is 12.7 Å². The van der Waals surface area contributed by atoms with Crippen LogP contribution in [0.3, 0.4) is 0 Å². The van der Waals surface area contributed by atoms with E-state index in [0.29, 0.717) is 12.5 Å². The van der Waals surface area contributed by atoms with E-state index in [0.717, 1.165) is 60.6 Å². The van der Waals surface area contributed by atoms with Gasteiger partial charge in [0.15, 0.2) is 11.5 Å². The number of amides is 1. The van der Waals surface area contributed by atoms with E-state index < -0.39 is 0 Å². The third-order valence-electron chi connectivity index (χ3n) is 5.84. The van der Waals surface area contributed by atoms with E-state index in [1.54, 1.807) is 0 Å². The number of nitrogens with one attached hydrogen (secondary N) is 1. The molecule has 8 nitrogen and oxygen atoms in total. The minimum absolute atomic E-state index is 0.0334. The normalized spacial score (nSPS) is 17.1. The molecule has 1 aromatic carbocycles. The van der Waals surface area contributed by atoms with Gasteiger partial charge < -0.3 is 19.7 Å². The number of anilines is 1. The van der Waals surface area contributed by atoms with E-state index >= 15 is 0 Å². The second kappa shape index (κ2) is 9.09. The number of hydrogen-bond acceptors (Lipinski definition) is 7. The SMILES string of the molecule is Cc1cc(N2CCN(C(C)C(=O)NCc3ccc4c(c3)OCO4)CC2)nc(C(C)C)n1. The number of hydrogen-bond donors (Lipinski definition) is 1. The minimum Gasteiger partial charge on any atom is -0.454 e. The molecular formula is C23H31N5O3. The van der Waals surface area contributed by atoms with Crippen molar-refractivity contribution in [2.24, 2.45) is 0 Å². The first kappa shape index (κ1) is 21.4. The number of nitrogens with zero attached hydrogens (tertiary/aromatic N) is 4. The maximum absolute atomic E-state index is 12.7. The van der Waals surface area contributed by atoms with Crippen LogP contribution < -0.4 is 19.7 Å².